The molecule has 0 aliphatic heterocycles. The molecule has 14 rings (SSSR count). The predicted molar refractivity (Wildman–Crippen MR) is 267 cm³/mol. The van der Waals surface area contributed by atoms with E-state index in [0.29, 0.717) is 0 Å². The Morgan fingerprint density at radius 1 is 0.222 bits per heavy atom. The molecule has 0 unspecified atom stereocenters. The molecule has 290 valence electrons. The summed E-state index contributed by atoms with van der Waals surface area (Å²) in [5, 5.41) is 12.7. The summed E-state index contributed by atoms with van der Waals surface area (Å²) in [6.07, 6.45) is 0. The Morgan fingerprint density at radius 3 is 1.40 bits per heavy atom. The van der Waals surface area contributed by atoms with Crippen LogP contribution < -0.4 is 0 Å². The molecule has 0 atom stereocenters. The van der Waals surface area contributed by atoms with Crippen molar-refractivity contribution in [2.24, 2.45) is 0 Å². The molecule has 0 aromatic heterocycles. The van der Waals surface area contributed by atoms with Gasteiger partial charge in [-0.15, -0.1) is 0 Å². The van der Waals surface area contributed by atoms with Gasteiger partial charge in [-0.05, 0) is 156 Å². The lowest BCUT2D eigenvalue weighted by Crippen LogP contribution is -2.26. The molecular formula is C63H38. The van der Waals surface area contributed by atoms with Crippen LogP contribution in [0.2, 0.25) is 0 Å². The van der Waals surface area contributed by atoms with Crippen molar-refractivity contribution in [2.45, 2.75) is 5.41 Å². The van der Waals surface area contributed by atoms with E-state index in [-0.39, 0.29) is 0 Å². The SMILES string of the molecule is c1cc(-c2cccc3ccccc23)cc(-c2c3ccccc3c(-c3ccc4cc5c(cc4c3)C3(c4ccccc4-c4ccccc43)c3c-5ccc4ccccc34)c3ccccc23)c1. The van der Waals surface area contributed by atoms with Crippen LogP contribution in [0, 0.1) is 0 Å². The van der Waals surface area contributed by atoms with E-state index in [2.05, 4.69) is 231 Å². The first-order valence-corrected chi connectivity index (χ1v) is 22.1. The third-order valence-electron chi connectivity index (χ3n) is 14.4. The Labute approximate surface area is 366 Å². The first-order chi connectivity index (χ1) is 31.3. The lowest BCUT2D eigenvalue weighted by atomic mass is 9.69. The van der Waals surface area contributed by atoms with Crippen LogP contribution in [0.1, 0.15) is 22.3 Å². The molecule has 63 heavy (non-hydrogen) atoms. The molecule has 0 saturated carbocycles. The van der Waals surface area contributed by atoms with Crippen molar-refractivity contribution in [1.29, 1.82) is 0 Å². The summed E-state index contributed by atoms with van der Waals surface area (Å²) in [6, 6.07) is 86.7. The average molecular weight is 795 g/mol. The Morgan fingerprint density at radius 2 is 0.714 bits per heavy atom. The van der Waals surface area contributed by atoms with E-state index in [1.54, 1.807) is 0 Å². The molecule has 0 radical (unpaired) electrons. The highest BCUT2D eigenvalue weighted by Gasteiger charge is 2.52. The topological polar surface area (TPSA) is 0 Å². The molecule has 0 N–H and O–H groups in total. The van der Waals surface area contributed by atoms with Crippen LogP contribution in [0.25, 0.3) is 109 Å². The Kier molecular flexibility index (Phi) is 7.13. The van der Waals surface area contributed by atoms with E-state index in [9.17, 15) is 0 Å². The zero-order valence-corrected chi connectivity index (χ0v) is 34.4. The summed E-state index contributed by atoms with van der Waals surface area (Å²) in [5.74, 6) is 0. The van der Waals surface area contributed by atoms with E-state index in [0.717, 1.165) is 0 Å². The molecule has 2 aliphatic carbocycles. The Hall–Kier alpha value is -8.06. The highest BCUT2D eigenvalue weighted by molar-refractivity contribution is 6.22. The van der Waals surface area contributed by atoms with Gasteiger partial charge in [0, 0.05) is 0 Å². The van der Waals surface area contributed by atoms with Crippen molar-refractivity contribution in [3.05, 3.63) is 253 Å². The largest absolute Gasteiger partial charge is 0.0731 e. The number of benzene rings is 12. The van der Waals surface area contributed by atoms with Crippen molar-refractivity contribution in [2.75, 3.05) is 0 Å². The minimum Gasteiger partial charge on any atom is -0.0619 e. The zero-order chi connectivity index (χ0) is 41.2. The van der Waals surface area contributed by atoms with Gasteiger partial charge in [0.1, 0.15) is 0 Å². The number of rotatable bonds is 3. The average Bonchev–Trinajstić information content (AvgIpc) is 3.81. The maximum atomic E-state index is 2.54. The van der Waals surface area contributed by atoms with Crippen LogP contribution in [0.4, 0.5) is 0 Å². The maximum absolute atomic E-state index is 2.54. The molecule has 12 aromatic carbocycles. The monoisotopic (exact) mass is 794 g/mol. The van der Waals surface area contributed by atoms with Gasteiger partial charge in [0.15, 0.2) is 0 Å². The van der Waals surface area contributed by atoms with Gasteiger partial charge < -0.3 is 0 Å². The normalized spacial score (nSPS) is 13.2. The van der Waals surface area contributed by atoms with Gasteiger partial charge in [-0.3, -0.25) is 0 Å². The lowest BCUT2D eigenvalue weighted by Gasteiger charge is -2.31. The molecule has 0 heterocycles. The second kappa shape index (κ2) is 13.0. The quantitative estimate of drug-likeness (QED) is 0.156. The number of hydrogen-bond donors (Lipinski definition) is 0. The Bertz CT molecular complexity index is 3810. The smallest absolute Gasteiger partial charge is 0.0619 e. The fourth-order valence-electron chi connectivity index (χ4n) is 11.9. The maximum Gasteiger partial charge on any atom is 0.0731 e. The zero-order valence-electron chi connectivity index (χ0n) is 34.4. The van der Waals surface area contributed by atoms with Gasteiger partial charge in [-0.2, -0.15) is 0 Å². The highest BCUT2D eigenvalue weighted by atomic mass is 14.5. The van der Waals surface area contributed by atoms with Crippen LogP contribution in [-0.4, -0.2) is 0 Å². The molecule has 0 heteroatoms. The first-order valence-electron chi connectivity index (χ1n) is 22.1. The van der Waals surface area contributed by atoms with Gasteiger partial charge in [0.25, 0.3) is 0 Å². The molecule has 0 amide bonds. The standard InChI is InChI=1S/C63H38/c1-3-20-46-39(15-1)17-14-28-47(46)42-18-13-19-43(35-42)60-51-24-5-7-26-53(51)61(54-27-8-6-25-52(54)60)44-32-31-41-37-56-55-34-33-40-16-2-4-21-48(40)62(55)63(59(56)38-45(41)36-44)57-29-11-9-22-49(57)50-23-10-12-30-58(50)63/h1-38H. The first kappa shape index (κ1) is 34.6. The lowest BCUT2D eigenvalue weighted by molar-refractivity contribution is 0.802. The number of fused-ring (bicyclic) bond motifs is 16. The second-order valence-corrected chi connectivity index (χ2v) is 17.5. The van der Waals surface area contributed by atoms with Crippen molar-refractivity contribution >= 4 is 53.9 Å². The third-order valence-corrected chi connectivity index (χ3v) is 14.4. The van der Waals surface area contributed by atoms with Gasteiger partial charge >= 0.3 is 0 Å². The van der Waals surface area contributed by atoms with Gasteiger partial charge in [0.2, 0.25) is 0 Å². The van der Waals surface area contributed by atoms with E-state index < -0.39 is 5.41 Å². The summed E-state index contributed by atoms with van der Waals surface area (Å²) in [7, 11) is 0. The summed E-state index contributed by atoms with van der Waals surface area (Å²) >= 11 is 0. The van der Waals surface area contributed by atoms with E-state index in [1.165, 1.54) is 132 Å². The molecule has 0 fully saturated rings. The van der Waals surface area contributed by atoms with Crippen LogP contribution >= 0.6 is 0 Å². The summed E-state index contributed by atoms with van der Waals surface area (Å²) in [4.78, 5) is 0. The second-order valence-electron chi connectivity index (χ2n) is 17.5. The van der Waals surface area contributed by atoms with Crippen LogP contribution in [0.3, 0.4) is 0 Å². The van der Waals surface area contributed by atoms with E-state index >= 15 is 0 Å². The van der Waals surface area contributed by atoms with Crippen molar-refractivity contribution in [3.63, 3.8) is 0 Å². The molecule has 0 nitrogen and oxygen atoms in total. The van der Waals surface area contributed by atoms with Gasteiger partial charge in [-0.1, -0.05) is 206 Å². The van der Waals surface area contributed by atoms with Crippen LogP contribution in [0.15, 0.2) is 231 Å². The number of hydrogen-bond acceptors (Lipinski definition) is 0. The van der Waals surface area contributed by atoms with E-state index in [4.69, 9.17) is 0 Å². The highest BCUT2D eigenvalue weighted by Crippen LogP contribution is 2.64. The van der Waals surface area contributed by atoms with Crippen molar-refractivity contribution < 1.29 is 0 Å². The Balaban J connectivity index is 1.01. The third kappa shape index (κ3) is 4.70. The summed E-state index contributed by atoms with van der Waals surface area (Å²) < 4.78 is 0. The minimum atomic E-state index is -0.440. The predicted octanol–water partition coefficient (Wildman–Crippen LogP) is 16.8. The van der Waals surface area contributed by atoms with E-state index in [1.807, 2.05) is 0 Å². The fourth-order valence-corrected chi connectivity index (χ4v) is 11.9. The molecular weight excluding hydrogens is 757 g/mol. The van der Waals surface area contributed by atoms with Crippen LogP contribution in [0.5, 0.6) is 0 Å². The molecule has 12 aromatic rings. The molecule has 2 aliphatic rings. The van der Waals surface area contributed by atoms with Gasteiger partial charge in [-0.25, -0.2) is 0 Å². The molecule has 0 saturated heterocycles. The van der Waals surface area contributed by atoms with Gasteiger partial charge in [0.05, 0.1) is 5.41 Å². The van der Waals surface area contributed by atoms with Crippen molar-refractivity contribution in [1.82, 2.24) is 0 Å². The summed E-state index contributed by atoms with van der Waals surface area (Å²) in [5.41, 5.74) is 17.9. The minimum absolute atomic E-state index is 0.440. The van der Waals surface area contributed by atoms with Crippen molar-refractivity contribution in [3.8, 4) is 55.6 Å². The molecule has 1 spiro atoms. The fraction of sp³-hybridized carbons (Fsp3) is 0.0159. The summed E-state index contributed by atoms with van der Waals surface area (Å²) in [6.45, 7) is 0. The van der Waals surface area contributed by atoms with Crippen LogP contribution in [-0.2, 0) is 5.41 Å². The molecule has 0 bridgehead atoms.